The highest BCUT2D eigenvalue weighted by atomic mass is 32.1. The highest BCUT2D eigenvalue weighted by Crippen LogP contribution is 2.22. The molecule has 0 aliphatic rings. The van der Waals surface area contributed by atoms with E-state index in [0.717, 1.165) is 4.88 Å². The molecule has 0 spiro atoms. The molecular weight excluding hydrogens is 212 g/mol. The van der Waals surface area contributed by atoms with Gasteiger partial charge in [0.25, 0.3) is 0 Å². The number of thiophene rings is 1. The fraction of sp³-hybridized carbons (Fsp3) is 0.500. The summed E-state index contributed by atoms with van der Waals surface area (Å²) in [6.45, 7) is 1.74. The van der Waals surface area contributed by atoms with Gasteiger partial charge in [-0.3, -0.25) is 0 Å². The van der Waals surface area contributed by atoms with Crippen LogP contribution in [0.1, 0.15) is 22.7 Å². The molecule has 0 fully saturated rings. The number of hydrogen-bond donors (Lipinski definition) is 3. The second-order valence-electron chi connectivity index (χ2n) is 3.26. The van der Waals surface area contributed by atoms with Gasteiger partial charge in [0, 0.05) is 10.9 Å². The van der Waals surface area contributed by atoms with Gasteiger partial charge in [0.2, 0.25) is 0 Å². The van der Waals surface area contributed by atoms with Gasteiger partial charge < -0.3 is 15.5 Å². The fourth-order valence-corrected chi connectivity index (χ4v) is 2.06. The third-order valence-corrected chi connectivity index (χ3v) is 3.26. The summed E-state index contributed by atoms with van der Waals surface area (Å²) in [5, 5.41) is 29.5. The van der Waals surface area contributed by atoms with E-state index >= 15 is 0 Å². The topological polar surface area (TPSA) is 76.3 Å². The molecule has 1 atom stereocenters. The third kappa shape index (κ3) is 3.29. The van der Waals surface area contributed by atoms with Gasteiger partial charge in [-0.05, 0) is 19.1 Å². The standard InChI is InChI=1S/C10H14N2O2S/c1-7(12-8(5-13)6-14)10-3-2-9(4-11)15-10/h2-3,7-8,12-14H,5-6H2,1H3. The first-order valence-electron chi connectivity index (χ1n) is 4.68. The van der Waals surface area contributed by atoms with Gasteiger partial charge in [-0.2, -0.15) is 5.26 Å². The lowest BCUT2D eigenvalue weighted by Gasteiger charge is -2.18. The van der Waals surface area contributed by atoms with Crippen molar-refractivity contribution >= 4 is 11.3 Å². The van der Waals surface area contributed by atoms with E-state index in [4.69, 9.17) is 15.5 Å². The van der Waals surface area contributed by atoms with Crippen LogP contribution in [0.4, 0.5) is 0 Å². The third-order valence-electron chi connectivity index (χ3n) is 2.09. The Labute approximate surface area is 92.8 Å². The van der Waals surface area contributed by atoms with Crippen LogP contribution < -0.4 is 5.32 Å². The van der Waals surface area contributed by atoms with Gasteiger partial charge in [0.1, 0.15) is 10.9 Å². The zero-order valence-corrected chi connectivity index (χ0v) is 9.29. The molecule has 0 bridgehead atoms. The number of rotatable bonds is 5. The van der Waals surface area contributed by atoms with E-state index < -0.39 is 0 Å². The number of aliphatic hydroxyl groups is 2. The Kier molecular flexibility index (Phi) is 4.72. The van der Waals surface area contributed by atoms with Crippen molar-refractivity contribution in [1.82, 2.24) is 5.32 Å². The molecule has 0 radical (unpaired) electrons. The van der Waals surface area contributed by atoms with Crippen molar-refractivity contribution in [3.8, 4) is 6.07 Å². The normalized spacial score (nSPS) is 12.7. The molecular formula is C10H14N2O2S. The monoisotopic (exact) mass is 226 g/mol. The average molecular weight is 226 g/mol. The second-order valence-corrected chi connectivity index (χ2v) is 4.38. The van der Waals surface area contributed by atoms with Crippen LogP contribution in [0.3, 0.4) is 0 Å². The first-order valence-corrected chi connectivity index (χ1v) is 5.50. The van der Waals surface area contributed by atoms with Crippen LogP contribution >= 0.6 is 11.3 Å². The molecule has 0 amide bonds. The zero-order chi connectivity index (χ0) is 11.3. The van der Waals surface area contributed by atoms with Crippen molar-refractivity contribution in [1.29, 1.82) is 5.26 Å². The van der Waals surface area contributed by atoms with E-state index in [1.54, 1.807) is 6.07 Å². The first-order chi connectivity index (χ1) is 7.21. The Morgan fingerprint density at radius 3 is 2.60 bits per heavy atom. The maximum Gasteiger partial charge on any atom is 0.110 e. The van der Waals surface area contributed by atoms with Crippen molar-refractivity contribution < 1.29 is 10.2 Å². The van der Waals surface area contributed by atoms with E-state index in [0.29, 0.717) is 4.88 Å². The minimum Gasteiger partial charge on any atom is -0.395 e. The Bertz CT molecular complexity index is 341. The number of nitrogens with one attached hydrogen (secondary N) is 1. The van der Waals surface area contributed by atoms with Crippen molar-refractivity contribution in [2.75, 3.05) is 13.2 Å². The van der Waals surface area contributed by atoms with E-state index in [9.17, 15) is 0 Å². The molecule has 1 rings (SSSR count). The molecule has 1 aromatic heterocycles. The summed E-state index contributed by atoms with van der Waals surface area (Å²) in [6.07, 6.45) is 0. The van der Waals surface area contributed by atoms with Gasteiger partial charge in [-0.25, -0.2) is 0 Å². The minimum atomic E-state index is -0.312. The lowest BCUT2D eigenvalue weighted by molar-refractivity contribution is 0.164. The largest absolute Gasteiger partial charge is 0.395 e. The fourth-order valence-electron chi connectivity index (χ4n) is 1.24. The van der Waals surface area contributed by atoms with Gasteiger partial charge in [-0.15, -0.1) is 11.3 Å². The van der Waals surface area contributed by atoms with E-state index in [1.807, 2.05) is 13.0 Å². The van der Waals surface area contributed by atoms with Crippen LogP contribution in [0.5, 0.6) is 0 Å². The Morgan fingerprint density at radius 1 is 1.47 bits per heavy atom. The molecule has 1 aromatic rings. The molecule has 0 aliphatic carbocycles. The highest BCUT2D eigenvalue weighted by Gasteiger charge is 2.13. The molecule has 3 N–H and O–H groups in total. The molecule has 15 heavy (non-hydrogen) atoms. The van der Waals surface area contributed by atoms with Crippen molar-refractivity contribution in [3.05, 3.63) is 21.9 Å². The minimum absolute atomic E-state index is 0.0291. The Balaban J connectivity index is 2.60. The summed E-state index contributed by atoms with van der Waals surface area (Å²) in [5.74, 6) is 0. The predicted octanol–water partition coefficient (Wildman–Crippen LogP) is 0.624. The number of nitriles is 1. The second kappa shape index (κ2) is 5.83. The molecule has 0 aromatic carbocycles. The lowest BCUT2D eigenvalue weighted by atomic mass is 10.2. The van der Waals surface area contributed by atoms with Crippen LogP contribution in [-0.4, -0.2) is 29.5 Å². The van der Waals surface area contributed by atoms with Gasteiger partial charge in [0.05, 0.1) is 19.3 Å². The zero-order valence-electron chi connectivity index (χ0n) is 8.47. The average Bonchev–Trinajstić information content (AvgIpc) is 2.74. The number of hydrogen-bond acceptors (Lipinski definition) is 5. The first kappa shape index (κ1) is 12.1. The maximum absolute atomic E-state index is 8.90. The SMILES string of the molecule is CC(NC(CO)CO)c1ccc(C#N)s1. The van der Waals surface area contributed by atoms with E-state index in [1.165, 1.54) is 11.3 Å². The summed E-state index contributed by atoms with van der Waals surface area (Å²) in [6, 6.07) is 5.44. The van der Waals surface area contributed by atoms with E-state index in [2.05, 4.69) is 11.4 Å². The molecule has 0 saturated carbocycles. The molecule has 5 heteroatoms. The lowest BCUT2D eigenvalue weighted by Crippen LogP contribution is -2.37. The Morgan fingerprint density at radius 2 is 2.13 bits per heavy atom. The van der Waals surface area contributed by atoms with Crippen LogP contribution in [-0.2, 0) is 0 Å². The van der Waals surface area contributed by atoms with Crippen LogP contribution in [0, 0.1) is 11.3 Å². The summed E-state index contributed by atoms with van der Waals surface area (Å²) < 4.78 is 0. The summed E-state index contributed by atoms with van der Waals surface area (Å²) in [4.78, 5) is 1.70. The number of aliphatic hydroxyl groups excluding tert-OH is 2. The molecule has 82 valence electrons. The Hall–Kier alpha value is -0.930. The summed E-state index contributed by atoms with van der Waals surface area (Å²) in [7, 11) is 0. The quantitative estimate of drug-likeness (QED) is 0.688. The highest BCUT2D eigenvalue weighted by molar-refractivity contribution is 7.12. The summed E-state index contributed by atoms with van der Waals surface area (Å²) >= 11 is 1.42. The van der Waals surface area contributed by atoms with Crippen LogP contribution in [0.15, 0.2) is 12.1 Å². The van der Waals surface area contributed by atoms with Gasteiger partial charge in [-0.1, -0.05) is 0 Å². The van der Waals surface area contributed by atoms with Crippen LogP contribution in [0.25, 0.3) is 0 Å². The van der Waals surface area contributed by atoms with Crippen molar-refractivity contribution in [2.45, 2.75) is 19.0 Å². The smallest absolute Gasteiger partial charge is 0.110 e. The number of nitrogens with zero attached hydrogens (tertiary/aromatic N) is 1. The van der Waals surface area contributed by atoms with Gasteiger partial charge in [0.15, 0.2) is 0 Å². The maximum atomic E-state index is 8.90. The van der Waals surface area contributed by atoms with E-state index in [-0.39, 0.29) is 25.3 Å². The van der Waals surface area contributed by atoms with Gasteiger partial charge >= 0.3 is 0 Å². The molecule has 4 nitrogen and oxygen atoms in total. The van der Waals surface area contributed by atoms with Crippen molar-refractivity contribution in [2.24, 2.45) is 0 Å². The molecule has 0 aliphatic heterocycles. The van der Waals surface area contributed by atoms with Crippen molar-refractivity contribution in [3.63, 3.8) is 0 Å². The molecule has 1 heterocycles. The van der Waals surface area contributed by atoms with Crippen LogP contribution in [0.2, 0.25) is 0 Å². The molecule has 1 unspecified atom stereocenters. The molecule has 0 saturated heterocycles. The summed E-state index contributed by atoms with van der Waals surface area (Å²) in [5.41, 5.74) is 0. The predicted molar refractivity (Wildman–Crippen MR) is 58.5 cm³/mol.